The van der Waals surface area contributed by atoms with Crippen molar-refractivity contribution >= 4 is 44.5 Å². The van der Waals surface area contributed by atoms with E-state index in [2.05, 4.69) is 43.5 Å². The number of carbonyl (C=O) groups excluding carboxylic acids is 1. The van der Waals surface area contributed by atoms with Gasteiger partial charge in [0, 0.05) is 4.47 Å². The quantitative estimate of drug-likeness (QED) is 0.607. The minimum atomic E-state index is -0.458. The van der Waals surface area contributed by atoms with Crippen LogP contribution in [0.2, 0.25) is 0 Å². The van der Waals surface area contributed by atoms with E-state index in [0.717, 1.165) is 8.17 Å². The first-order valence-corrected chi connectivity index (χ1v) is 5.94. The van der Waals surface area contributed by atoms with Crippen LogP contribution in [0.4, 0.5) is 0 Å². The summed E-state index contributed by atoms with van der Waals surface area (Å²) in [6.07, 6.45) is 0. The molecule has 1 aromatic heterocycles. The number of hydrogen-bond acceptors (Lipinski definition) is 2. The molecule has 5 heteroatoms. The lowest BCUT2D eigenvalue weighted by Gasteiger charge is -2.18. The summed E-state index contributed by atoms with van der Waals surface area (Å²) >= 11 is 5.42. The number of hydrogen-bond donors (Lipinski definition) is 1. The van der Waals surface area contributed by atoms with Crippen LogP contribution in [-0.4, -0.2) is 16.6 Å². The van der Waals surface area contributed by atoms with Gasteiger partial charge in [0.25, 0.3) is 0 Å². The molecular weight excluding hydrogens is 361 g/mol. The SMILES string of the molecule is CC(C)(C)OC(=O)c1cc(Br)c(I)[nH]1. The van der Waals surface area contributed by atoms with Gasteiger partial charge in [-0.1, -0.05) is 0 Å². The highest BCUT2D eigenvalue weighted by molar-refractivity contribution is 14.1. The molecule has 0 aromatic carbocycles. The zero-order chi connectivity index (χ0) is 10.9. The van der Waals surface area contributed by atoms with Crippen LogP contribution < -0.4 is 0 Å². The maximum Gasteiger partial charge on any atom is 0.355 e. The minimum Gasteiger partial charge on any atom is -0.455 e. The van der Waals surface area contributed by atoms with Crippen LogP contribution in [0.25, 0.3) is 0 Å². The topological polar surface area (TPSA) is 42.1 Å². The lowest BCUT2D eigenvalue weighted by molar-refractivity contribution is 0.00635. The van der Waals surface area contributed by atoms with Crippen molar-refractivity contribution in [3.63, 3.8) is 0 Å². The summed E-state index contributed by atoms with van der Waals surface area (Å²) in [5, 5.41) is 0. The zero-order valence-electron chi connectivity index (χ0n) is 8.15. The lowest BCUT2D eigenvalue weighted by Crippen LogP contribution is -2.24. The van der Waals surface area contributed by atoms with E-state index in [1.54, 1.807) is 6.07 Å². The van der Waals surface area contributed by atoms with Crippen molar-refractivity contribution in [1.82, 2.24) is 4.98 Å². The molecule has 1 heterocycles. The van der Waals surface area contributed by atoms with E-state index >= 15 is 0 Å². The van der Waals surface area contributed by atoms with Crippen LogP contribution in [0.1, 0.15) is 31.3 Å². The second-order valence-corrected chi connectivity index (χ2v) is 5.78. The molecule has 0 bridgehead atoms. The number of nitrogens with one attached hydrogen (secondary N) is 1. The van der Waals surface area contributed by atoms with Crippen LogP contribution in [0.15, 0.2) is 10.5 Å². The van der Waals surface area contributed by atoms with E-state index < -0.39 is 5.60 Å². The normalized spacial score (nSPS) is 11.5. The number of aromatic amines is 1. The standard InChI is InChI=1S/C9H11BrINO2/c1-9(2,3)14-8(13)6-4-5(10)7(11)12-6/h4,12H,1-3H3. The number of halogens is 2. The molecule has 0 amide bonds. The molecule has 0 atom stereocenters. The van der Waals surface area contributed by atoms with Crippen molar-refractivity contribution in [1.29, 1.82) is 0 Å². The molecule has 0 saturated heterocycles. The number of H-pyrrole nitrogens is 1. The molecule has 1 N–H and O–H groups in total. The van der Waals surface area contributed by atoms with Gasteiger partial charge in [-0.3, -0.25) is 0 Å². The first kappa shape index (κ1) is 12.0. The van der Waals surface area contributed by atoms with Crippen LogP contribution in [0.5, 0.6) is 0 Å². The molecule has 0 fully saturated rings. The van der Waals surface area contributed by atoms with E-state index in [1.165, 1.54) is 0 Å². The Morgan fingerprint density at radius 2 is 2.14 bits per heavy atom. The molecule has 0 unspecified atom stereocenters. The number of ether oxygens (including phenoxy) is 1. The second kappa shape index (κ2) is 4.22. The Morgan fingerprint density at radius 3 is 2.50 bits per heavy atom. The van der Waals surface area contributed by atoms with Gasteiger partial charge in [0.15, 0.2) is 0 Å². The number of rotatable bonds is 1. The Bertz CT molecular complexity index is 335. The van der Waals surface area contributed by atoms with Gasteiger partial charge in [-0.15, -0.1) is 0 Å². The number of carbonyl (C=O) groups is 1. The molecule has 0 saturated carbocycles. The third-order valence-corrected chi connectivity index (χ3v) is 3.56. The molecule has 3 nitrogen and oxygen atoms in total. The first-order chi connectivity index (χ1) is 6.29. The third-order valence-electron chi connectivity index (χ3n) is 1.34. The Labute approximate surface area is 105 Å². The van der Waals surface area contributed by atoms with Crippen molar-refractivity contribution in [3.05, 3.63) is 19.9 Å². The van der Waals surface area contributed by atoms with Crippen molar-refractivity contribution in [3.8, 4) is 0 Å². The van der Waals surface area contributed by atoms with Gasteiger partial charge in [0.2, 0.25) is 0 Å². The third kappa shape index (κ3) is 3.27. The lowest BCUT2D eigenvalue weighted by atomic mass is 10.2. The summed E-state index contributed by atoms with van der Waals surface area (Å²) in [6, 6.07) is 1.72. The highest BCUT2D eigenvalue weighted by atomic mass is 127. The van der Waals surface area contributed by atoms with Gasteiger partial charge in [-0.05, 0) is 65.4 Å². The van der Waals surface area contributed by atoms with E-state index in [0.29, 0.717) is 5.69 Å². The maximum atomic E-state index is 11.5. The summed E-state index contributed by atoms with van der Waals surface area (Å²) in [5.41, 5.74) is 0.0105. The summed E-state index contributed by atoms with van der Waals surface area (Å²) in [7, 11) is 0. The fourth-order valence-electron chi connectivity index (χ4n) is 0.847. The molecule has 0 aliphatic heterocycles. The van der Waals surface area contributed by atoms with Crippen LogP contribution >= 0.6 is 38.5 Å². The Kier molecular flexibility index (Phi) is 3.63. The summed E-state index contributed by atoms with van der Waals surface area (Å²) in [6.45, 7) is 5.52. The number of esters is 1. The van der Waals surface area contributed by atoms with Crippen molar-refractivity contribution in [2.24, 2.45) is 0 Å². The molecule has 78 valence electrons. The summed E-state index contributed by atoms with van der Waals surface area (Å²) < 4.78 is 6.96. The van der Waals surface area contributed by atoms with Crippen LogP contribution in [0.3, 0.4) is 0 Å². The summed E-state index contributed by atoms with van der Waals surface area (Å²) in [4.78, 5) is 14.5. The maximum absolute atomic E-state index is 11.5. The highest BCUT2D eigenvalue weighted by Crippen LogP contribution is 2.21. The Morgan fingerprint density at radius 1 is 1.57 bits per heavy atom. The van der Waals surface area contributed by atoms with E-state index in [-0.39, 0.29) is 5.97 Å². The van der Waals surface area contributed by atoms with Gasteiger partial charge in [0.05, 0.1) is 3.70 Å². The van der Waals surface area contributed by atoms with E-state index in [1.807, 2.05) is 20.8 Å². The zero-order valence-corrected chi connectivity index (χ0v) is 11.9. The molecule has 1 aromatic rings. The fourth-order valence-corrected chi connectivity index (χ4v) is 1.62. The van der Waals surface area contributed by atoms with Gasteiger partial charge < -0.3 is 9.72 Å². The van der Waals surface area contributed by atoms with Gasteiger partial charge in [-0.25, -0.2) is 4.79 Å². The molecule has 1 rings (SSSR count). The number of aromatic nitrogens is 1. The van der Waals surface area contributed by atoms with Gasteiger partial charge >= 0.3 is 5.97 Å². The molecular formula is C9H11BrINO2. The second-order valence-electron chi connectivity index (χ2n) is 3.85. The van der Waals surface area contributed by atoms with Gasteiger partial charge in [-0.2, -0.15) is 0 Å². The van der Waals surface area contributed by atoms with Crippen LogP contribution in [0, 0.1) is 3.70 Å². The monoisotopic (exact) mass is 371 g/mol. The largest absolute Gasteiger partial charge is 0.455 e. The first-order valence-electron chi connectivity index (χ1n) is 4.07. The molecule has 0 aliphatic carbocycles. The predicted octanol–water partition coefficient (Wildman–Crippen LogP) is 3.34. The average molecular weight is 372 g/mol. The summed E-state index contributed by atoms with van der Waals surface area (Å²) in [5.74, 6) is -0.332. The average Bonchev–Trinajstić information content (AvgIpc) is 2.28. The Hall–Kier alpha value is -0.0400. The van der Waals surface area contributed by atoms with Crippen molar-refractivity contribution in [2.75, 3.05) is 0 Å². The van der Waals surface area contributed by atoms with E-state index in [9.17, 15) is 4.79 Å². The molecule has 0 aliphatic rings. The van der Waals surface area contributed by atoms with E-state index in [4.69, 9.17) is 4.74 Å². The van der Waals surface area contributed by atoms with Gasteiger partial charge in [0.1, 0.15) is 11.3 Å². The van der Waals surface area contributed by atoms with Crippen molar-refractivity contribution in [2.45, 2.75) is 26.4 Å². The Balaban J connectivity index is 2.80. The van der Waals surface area contributed by atoms with Crippen molar-refractivity contribution < 1.29 is 9.53 Å². The minimum absolute atomic E-state index is 0.332. The molecule has 0 radical (unpaired) electrons. The molecule has 14 heavy (non-hydrogen) atoms. The predicted molar refractivity (Wildman–Crippen MR) is 66.4 cm³/mol. The van der Waals surface area contributed by atoms with Crippen LogP contribution in [-0.2, 0) is 4.74 Å². The fraction of sp³-hybridized carbons (Fsp3) is 0.444. The molecule has 0 spiro atoms. The smallest absolute Gasteiger partial charge is 0.355 e. The highest BCUT2D eigenvalue weighted by Gasteiger charge is 2.19.